The first-order chi connectivity index (χ1) is 8.02. The first kappa shape index (κ1) is 13.9. The van der Waals surface area contributed by atoms with E-state index in [0.717, 1.165) is 0 Å². The molecule has 3 nitrogen and oxygen atoms in total. The van der Waals surface area contributed by atoms with Gasteiger partial charge >= 0.3 is 0 Å². The highest BCUT2D eigenvalue weighted by Gasteiger charge is 2.12. The summed E-state index contributed by atoms with van der Waals surface area (Å²) in [6, 6.07) is 4.51. The second kappa shape index (κ2) is 6.57. The minimum absolute atomic E-state index is 0.145. The normalized spacial score (nSPS) is 12.8. The second-order valence-electron chi connectivity index (χ2n) is 4.21. The van der Waals surface area contributed by atoms with Crippen molar-refractivity contribution in [3.8, 4) is 5.75 Å². The first-order valence-electron chi connectivity index (χ1n) is 5.80. The van der Waals surface area contributed by atoms with Crippen LogP contribution in [-0.2, 0) is 4.74 Å². The van der Waals surface area contributed by atoms with E-state index < -0.39 is 0 Å². The van der Waals surface area contributed by atoms with E-state index in [2.05, 4.69) is 0 Å². The zero-order chi connectivity index (χ0) is 12.8. The Morgan fingerprint density at radius 3 is 2.53 bits per heavy atom. The zero-order valence-corrected chi connectivity index (χ0v) is 10.6. The molecule has 17 heavy (non-hydrogen) atoms. The Labute approximate surface area is 102 Å². The SMILES string of the molecule is CC(C)OCCOc1c(F)cccc1[C@H](C)N. The van der Waals surface area contributed by atoms with Crippen LogP contribution in [0.15, 0.2) is 18.2 Å². The summed E-state index contributed by atoms with van der Waals surface area (Å²) in [5.41, 5.74) is 6.43. The van der Waals surface area contributed by atoms with Gasteiger partial charge in [0.2, 0.25) is 0 Å². The summed E-state index contributed by atoms with van der Waals surface area (Å²) in [5, 5.41) is 0. The lowest BCUT2D eigenvalue weighted by molar-refractivity contribution is 0.0541. The largest absolute Gasteiger partial charge is 0.488 e. The van der Waals surface area contributed by atoms with E-state index in [1.54, 1.807) is 19.1 Å². The molecule has 1 atom stereocenters. The molecule has 4 heteroatoms. The summed E-state index contributed by atoms with van der Waals surface area (Å²) in [7, 11) is 0. The van der Waals surface area contributed by atoms with Crippen LogP contribution in [0.25, 0.3) is 0 Å². The van der Waals surface area contributed by atoms with Crippen molar-refractivity contribution < 1.29 is 13.9 Å². The van der Waals surface area contributed by atoms with Gasteiger partial charge in [0.1, 0.15) is 6.61 Å². The Balaban J connectivity index is 2.63. The highest BCUT2D eigenvalue weighted by Crippen LogP contribution is 2.26. The molecule has 0 radical (unpaired) electrons. The second-order valence-corrected chi connectivity index (χ2v) is 4.21. The number of benzene rings is 1. The number of nitrogens with two attached hydrogens (primary N) is 1. The van der Waals surface area contributed by atoms with Crippen molar-refractivity contribution in [1.82, 2.24) is 0 Å². The van der Waals surface area contributed by atoms with Gasteiger partial charge in [0.15, 0.2) is 11.6 Å². The molecule has 96 valence electrons. The van der Waals surface area contributed by atoms with Gasteiger partial charge in [-0.05, 0) is 26.8 Å². The molecule has 0 spiro atoms. The van der Waals surface area contributed by atoms with Crippen molar-refractivity contribution in [3.63, 3.8) is 0 Å². The Hall–Kier alpha value is -1.13. The topological polar surface area (TPSA) is 44.5 Å². The van der Waals surface area contributed by atoms with Crippen LogP contribution in [0, 0.1) is 5.82 Å². The molecule has 0 saturated heterocycles. The lowest BCUT2D eigenvalue weighted by atomic mass is 10.1. The van der Waals surface area contributed by atoms with E-state index >= 15 is 0 Å². The van der Waals surface area contributed by atoms with Crippen LogP contribution in [0.2, 0.25) is 0 Å². The number of hydrogen-bond donors (Lipinski definition) is 1. The third-order valence-electron chi connectivity index (χ3n) is 2.27. The van der Waals surface area contributed by atoms with Crippen molar-refractivity contribution in [1.29, 1.82) is 0 Å². The molecule has 1 aromatic rings. The van der Waals surface area contributed by atoms with Crippen molar-refractivity contribution >= 4 is 0 Å². The van der Waals surface area contributed by atoms with E-state index in [0.29, 0.717) is 18.8 Å². The number of halogens is 1. The molecule has 1 rings (SSSR count). The smallest absolute Gasteiger partial charge is 0.165 e. The Morgan fingerprint density at radius 2 is 1.94 bits per heavy atom. The van der Waals surface area contributed by atoms with Gasteiger partial charge in [-0.1, -0.05) is 12.1 Å². The van der Waals surface area contributed by atoms with Crippen LogP contribution in [0.4, 0.5) is 4.39 Å². The molecule has 0 heterocycles. The molecule has 0 aliphatic heterocycles. The van der Waals surface area contributed by atoms with E-state index in [4.69, 9.17) is 15.2 Å². The van der Waals surface area contributed by atoms with Gasteiger partial charge < -0.3 is 15.2 Å². The monoisotopic (exact) mass is 241 g/mol. The molecular weight excluding hydrogens is 221 g/mol. The highest BCUT2D eigenvalue weighted by atomic mass is 19.1. The molecule has 0 aliphatic carbocycles. The number of para-hydroxylation sites is 1. The maximum atomic E-state index is 13.6. The van der Waals surface area contributed by atoms with E-state index in [-0.39, 0.29) is 23.7 Å². The van der Waals surface area contributed by atoms with Gasteiger partial charge in [0.05, 0.1) is 12.7 Å². The molecule has 0 bridgehead atoms. The van der Waals surface area contributed by atoms with Gasteiger partial charge in [-0.25, -0.2) is 4.39 Å². The van der Waals surface area contributed by atoms with Crippen LogP contribution in [0.5, 0.6) is 5.75 Å². The van der Waals surface area contributed by atoms with Crippen LogP contribution in [0.3, 0.4) is 0 Å². The summed E-state index contributed by atoms with van der Waals surface area (Å²) in [4.78, 5) is 0. The van der Waals surface area contributed by atoms with Crippen molar-refractivity contribution in [2.45, 2.75) is 32.9 Å². The molecule has 0 fully saturated rings. The predicted octanol–water partition coefficient (Wildman–Crippen LogP) is 2.65. The predicted molar refractivity (Wildman–Crippen MR) is 65.6 cm³/mol. The minimum atomic E-state index is -0.385. The van der Waals surface area contributed by atoms with Crippen molar-refractivity contribution in [3.05, 3.63) is 29.6 Å². The Kier molecular flexibility index (Phi) is 5.38. The fraction of sp³-hybridized carbons (Fsp3) is 0.538. The van der Waals surface area contributed by atoms with Gasteiger partial charge in [-0.15, -0.1) is 0 Å². The minimum Gasteiger partial charge on any atom is -0.488 e. The summed E-state index contributed by atoms with van der Waals surface area (Å²) in [5.74, 6) is -0.154. The van der Waals surface area contributed by atoms with Gasteiger partial charge in [0.25, 0.3) is 0 Å². The number of hydrogen-bond acceptors (Lipinski definition) is 3. The first-order valence-corrected chi connectivity index (χ1v) is 5.80. The van der Waals surface area contributed by atoms with Crippen LogP contribution in [0.1, 0.15) is 32.4 Å². The van der Waals surface area contributed by atoms with E-state index in [1.165, 1.54) is 6.07 Å². The third-order valence-corrected chi connectivity index (χ3v) is 2.27. The molecular formula is C13H20FNO2. The van der Waals surface area contributed by atoms with Gasteiger partial charge in [0, 0.05) is 11.6 Å². The summed E-state index contributed by atoms with van der Waals surface area (Å²) in [6.45, 7) is 6.43. The lowest BCUT2D eigenvalue weighted by Gasteiger charge is -2.15. The molecule has 0 aromatic heterocycles. The molecule has 1 aromatic carbocycles. The average molecular weight is 241 g/mol. The summed E-state index contributed by atoms with van der Waals surface area (Å²) >= 11 is 0. The molecule has 0 amide bonds. The zero-order valence-electron chi connectivity index (χ0n) is 10.6. The molecule has 0 unspecified atom stereocenters. The molecule has 0 aliphatic rings. The highest BCUT2D eigenvalue weighted by molar-refractivity contribution is 5.36. The standard InChI is InChI=1S/C13H20FNO2/c1-9(2)16-7-8-17-13-11(10(3)15)5-4-6-12(13)14/h4-6,9-10H,7-8,15H2,1-3H3/t10-/m0/s1. The maximum Gasteiger partial charge on any atom is 0.165 e. The van der Waals surface area contributed by atoms with Gasteiger partial charge in [-0.2, -0.15) is 0 Å². The van der Waals surface area contributed by atoms with Crippen molar-refractivity contribution in [2.75, 3.05) is 13.2 Å². The maximum absolute atomic E-state index is 13.6. The van der Waals surface area contributed by atoms with Crippen molar-refractivity contribution in [2.24, 2.45) is 5.73 Å². The quantitative estimate of drug-likeness (QED) is 0.779. The third kappa shape index (κ3) is 4.32. The summed E-state index contributed by atoms with van der Waals surface area (Å²) < 4.78 is 24.3. The average Bonchev–Trinajstić information content (AvgIpc) is 2.25. The fourth-order valence-corrected chi connectivity index (χ4v) is 1.46. The van der Waals surface area contributed by atoms with Crippen LogP contribution >= 0.6 is 0 Å². The van der Waals surface area contributed by atoms with E-state index in [1.807, 2.05) is 13.8 Å². The fourth-order valence-electron chi connectivity index (χ4n) is 1.46. The molecule has 2 N–H and O–H groups in total. The van der Waals surface area contributed by atoms with Crippen LogP contribution in [-0.4, -0.2) is 19.3 Å². The number of rotatable bonds is 6. The number of ether oxygens (including phenoxy) is 2. The Bertz CT molecular complexity index is 353. The Morgan fingerprint density at radius 1 is 1.24 bits per heavy atom. The summed E-state index contributed by atoms with van der Waals surface area (Å²) in [6.07, 6.45) is 0.145. The molecule has 0 saturated carbocycles. The van der Waals surface area contributed by atoms with E-state index in [9.17, 15) is 4.39 Å². The van der Waals surface area contributed by atoms with Gasteiger partial charge in [-0.3, -0.25) is 0 Å². The van der Waals surface area contributed by atoms with Crippen LogP contribution < -0.4 is 10.5 Å². The lowest BCUT2D eigenvalue weighted by Crippen LogP contribution is -2.14.